The van der Waals surface area contributed by atoms with Crippen LogP contribution in [0.15, 0.2) is 42.5 Å². The third-order valence-electron chi connectivity index (χ3n) is 3.16. The smallest absolute Gasteiger partial charge is 0.276 e. The number of para-hydroxylation sites is 2. The number of nitrogen functional groups attached to an aromatic ring is 1. The number of anilines is 2. The van der Waals surface area contributed by atoms with Gasteiger partial charge < -0.3 is 15.8 Å². The Morgan fingerprint density at radius 1 is 1.29 bits per heavy atom. The Morgan fingerprint density at radius 2 is 2.10 bits per heavy atom. The second-order valence-electron chi connectivity index (χ2n) is 4.53. The molecule has 1 amide bonds. The first-order chi connectivity index (χ1) is 10.2. The van der Waals surface area contributed by atoms with Crippen molar-refractivity contribution in [2.24, 2.45) is 0 Å². The number of ether oxygens (including phenoxy) is 1. The van der Waals surface area contributed by atoms with E-state index in [1.807, 2.05) is 12.1 Å². The largest absolute Gasteiger partial charge is 0.495 e. The number of rotatable bonds is 3. The summed E-state index contributed by atoms with van der Waals surface area (Å²) in [5, 5.41) is 10.3. The first kappa shape index (κ1) is 13.0. The SMILES string of the molecule is COc1ccccc1NC(=O)c1n[nH]c2ccc(N)cc12. The zero-order valence-electron chi connectivity index (χ0n) is 11.4. The molecule has 1 heterocycles. The first-order valence-corrected chi connectivity index (χ1v) is 6.37. The van der Waals surface area contributed by atoms with E-state index in [1.54, 1.807) is 37.4 Å². The first-order valence-electron chi connectivity index (χ1n) is 6.37. The number of hydrogen-bond donors (Lipinski definition) is 3. The molecule has 1 aromatic heterocycles. The molecule has 3 aromatic rings. The van der Waals surface area contributed by atoms with Crippen LogP contribution in [0.2, 0.25) is 0 Å². The van der Waals surface area contributed by atoms with Crippen molar-refractivity contribution in [3.05, 3.63) is 48.2 Å². The van der Waals surface area contributed by atoms with E-state index >= 15 is 0 Å². The van der Waals surface area contributed by atoms with Crippen LogP contribution in [0.1, 0.15) is 10.5 Å². The molecule has 0 aliphatic rings. The summed E-state index contributed by atoms with van der Waals surface area (Å²) in [7, 11) is 1.55. The number of fused-ring (bicyclic) bond motifs is 1. The normalized spacial score (nSPS) is 10.5. The van der Waals surface area contributed by atoms with Crippen LogP contribution in [-0.4, -0.2) is 23.2 Å². The Morgan fingerprint density at radius 3 is 2.90 bits per heavy atom. The number of nitrogens with zero attached hydrogens (tertiary/aromatic N) is 1. The minimum absolute atomic E-state index is 0.295. The lowest BCUT2D eigenvalue weighted by atomic mass is 10.2. The monoisotopic (exact) mass is 282 g/mol. The van der Waals surface area contributed by atoms with Crippen LogP contribution >= 0.6 is 0 Å². The zero-order chi connectivity index (χ0) is 14.8. The highest BCUT2D eigenvalue weighted by molar-refractivity contribution is 6.11. The van der Waals surface area contributed by atoms with Gasteiger partial charge in [0.2, 0.25) is 0 Å². The molecule has 21 heavy (non-hydrogen) atoms. The average Bonchev–Trinajstić information content (AvgIpc) is 2.90. The van der Waals surface area contributed by atoms with Crippen LogP contribution in [0.5, 0.6) is 5.75 Å². The van der Waals surface area contributed by atoms with E-state index in [0.717, 1.165) is 5.52 Å². The molecule has 0 unspecified atom stereocenters. The van der Waals surface area contributed by atoms with Gasteiger partial charge in [0.05, 0.1) is 18.3 Å². The van der Waals surface area contributed by atoms with E-state index in [9.17, 15) is 4.79 Å². The maximum Gasteiger partial charge on any atom is 0.276 e. The molecule has 0 radical (unpaired) electrons. The summed E-state index contributed by atoms with van der Waals surface area (Å²) in [6.45, 7) is 0. The van der Waals surface area contributed by atoms with E-state index < -0.39 is 0 Å². The van der Waals surface area contributed by atoms with Crippen LogP contribution in [0, 0.1) is 0 Å². The van der Waals surface area contributed by atoms with E-state index in [1.165, 1.54) is 0 Å². The number of nitrogens with two attached hydrogens (primary N) is 1. The number of carbonyl (C=O) groups excluding carboxylic acids is 1. The molecular formula is C15H14N4O2. The van der Waals surface area contributed by atoms with E-state index in [0.29, 0.717) is 28.2 Å². The molecule has 0 bridgehead atoms. The molecule has 0 saturated carbocycles. The third-order valence-corrected chi connectivity index (χ3v) is 3.16. The van der Waals surface area contributed by atoms with Gasteiger partial charge in [0.1, 0.15) is 5.75 Å². The van der Waals surface area contributed by atoms with Crippen LogP contribution < -0.4 is 15.8 Å². The van der Waals surface area contributed by atoms with Crippen LogP contribution in [-0.2, 0) is 0 Å². The Hall–Kier alpha value is -3.02. The number of carbonyl (C=O) groups is 1. The zero-order valence-corrected chi connectivity index (χ0v) is 11.4. The Balaban J connectivity index is 1.96. The molecule has 6 heteroatoms. The van der Waals surface area contributed by atoms with E-state index in [-0.39, 0.29) is 5.91 Å². The molecule has 6 nitrogen and oxygen atoms in total. The average molecular weight is 282 g/mol. The molecule has 0 aliphatic carbocycles. The van der Waals surface area contributed by atoms with Crippen molar-refractivity contribution < 1.29 is 9.53 Å². The predicted octanol–water partition coefficient (Wildman–Crippen LogP) is 2.41. The van der Waals surface area contributed by atoms with Gasteiger partial charge in [-0.1, -0.05) is 12.1 Å². The van der Waals surface area contributed by atoms with Gasteiger partial charge in [-0.05, 0) is 30.3 Å². The van der Waals surface area contributed by atoms with E-state index in [4.69, 9.17) is 10.5 Å². The Labute approximate surface area is 120 Å². The molecule has 0 saturated heterocycles. The number of H-pyrrole nitrogens is 1. The number of amides is 1. The highest BCUT2D eigenvalue weighted by Crippen LogP contribution is 2.25. The van der Waals surface area contributed by atoms with Crippen molar-refractivity contribution in [3.63, 3.8) is 0 Å². The molecule has 0 aliphatic heterocycles. The molecule has 0 fully saturated rings. The summed E-state index contributed by atoms with van der Waals surface area (Å²) in [4.78, 5) is 12.4. The lowest BCUT2D eigenvalue weighted by molar-refractivity contribution is 0.102. The fraction of sp³-hybridized carbons (Fsp3) is 0.0667. The van der Waals surface area contributed by atoms with Gasteiger partial charge in [-0.2, -0.15) is 5.10 Å². The van der Waals surface area contributed by atoms with Crippen molar-refractivity contribution >= 4 is 28.2 Å². The van der Waals surface area contributed by atoms with Gasteiger partial charge in [0.15, 0.2) is 5.69 Å². The summed E-state index contributed by atoms with van der Waals surface area (Å²) >= 11 is 0. The van der Waals surface area contributed by atoms with Gasteiger partial charge in [-0.15, -0.1) is 0 Å². The number of benzene rings is 2. The Kier molecular flexibility index (Phi) is 3.19. The molecular weight excluding hydrogens is 268 g/mol. The number of aromatic amines is 1. The van der Waals surface area contributed by atoms with Crippen molar-refractivity contribution in [2.75, 3.05) is 18.2 Å². The molecule has 4 N–H and O–H groups in total. The molecule has 3 rings (SSSR count). The third kappa shape index (κ3) is 2.38. The van der Waals surface area contributed by atoms with Gasteiger partial charge in [0.25, 0.3) is 5.91 Å². The quantitative estimate of drug-likeness (QED) is 0.643. The van der Waals surface area contributed by atoms with Gasteiger partial charge >= 0.3 is 0 Å². The standard InChI is InChI=1S/C15H14N4O2/c1-21-13-5-3-2-4-12(13)17-15(20)14-10-8-9(16)6-7-11(10)18-19-14/h2-8H,16H2,1H3,(H,17,20)(H,18,19). The second kappa shape index (κ2) is 5.16. The lowest BCUT2D eigenvalue weighted by Crippen LogP contribution is -2.13. The topological polar surface area (TPSA) is 93.0 Å². The van der Waals surface area contributed by atoms with Crippen LogP contribution in [0.3, 0.4) is 0 Å². The predicted molar refractivity (Wildman–Crippen MR) is 81.5 cm³/mol. The van der Waals surface area contributed by atoms with Gasteiger partial charge in [-0.3, -0.25) is 9.89 Å². The van der Waals surface area contributed by atoms with Crippen LogP contribution in [0.4, 0.5) is 11.4 Å². The summed E-state index contributed by atoms with van der Waals surface area (Å²) < 4.78 is 5.21. The fourth-order valence-corrected chi connectivity index (χ4v) is 2.13. The fourth-order valence-electron chi connectivity index (χ4n) is 2.13. The number of aromatic nitrogens is 2. The molecule has 2 aromatic carbocycles. The van der Waals surface area contributed by atoms with Crippen molar-refractivity contribution in [2.45, 2.75) is 0 Å². The van der Waals surface area contributed by atoms with Crippen molar-refractivity contribution in [1.29, 1.82) is 0 Å². The van der Waals surface area contributed by atoms with E-state index in [2.05, 4.69) is 15.5 Å². The number of methoxy groups -OCH3 is 1. The highest BCUT2D eigenvalue weighted by atomic mass is 16.5. The maximum atomic E-state index is 12.4. The Bertz CT molecular complexity index is 810. The minimum Gasteiger partial charge on any atom is -0.495 e. The van der Waals surface area contributed by atoms with Crippen molar-refractivity contribution in [1.82, 2.24) is 10.2 Å². The number of hydrogen-bond acceptors (Lipinski definition) is 4. The highest BCUT2D eigenvalue weighted by Gasteiger charge is 2.15. The maximum absolute atomic E-state index is 12.4. The molecule has 0 spiro atoms. The summed E-state index contributed by atoms with van der Waals surface area (Å²) in [5.74, 6) is 0.265. The summed E-state index contributed by atoms with van der Waals surface area (Å²) in [6, 6.07) is 12.4. The van der Waals surface area contributed by atoms with Crippen molar-refractivity contribution in [3.8, 4) is 5.75 Å². The second-order valence-corrected chi connectivity index (χ2v) is 4.53. The van der Waals surface area contributed by atoms with Gasteiger partial charge in [-0.25, -0.2) is 0 Å². The number of nitrogens with one attached hydrogen (secondary N) is 2. The van der Waals surface area contributed by atoms with Crippen LogP contribution in [0.25, 0.3) is 10.9 Å². The molecule has 106 valence electrons. The molecule has 0 atom stereocenters. The summed E-state index contributed by atoms with van der Waals surface area (Å²) in [5.41, 5.74) is 7.98. The van der Waals surface area contributed by atoms with Gasteiger partial charge in [0, 0.05) is 11.1 Å². The minimum atomic E-state index is -0.323. The summed E-state index contributed by atoms with van der Waals surface area (Å²) in [6.07, 6.45) is 0. The lowest BCUT2D eigenvalue weighted by Gasteiger charge is -2.08.